The van der Waals surface area contributed by atoms with Gasteiger partial charge in [-0.3, -0.25) is 0 Å². The van der Waals surface area contributed by atoms with Crippen LogP contribution < -0.4 is 0 Å². The van der Waals surface area contributed by atoms with Crippen LogP contribution in [0.4, 0.5) is 0 Å². The fourth-order valence-corrected chi connectivity index (χ4v) is 2.23. The highest BCUT2D eigenvalue weighted by atomic mass is 16.5. The maximum absolute atomic E-state index is 10.6. The number of hydrogen-bond donors (Lipinski definition) is 0. The second kappa shape index (κ2) is 13.0. The first-order valence-corrected chi connectivity index (χ1v) is 8.97. The van der Waals surface area contributed by atoms with E-state index in [0.717, 1.165) is 49.2 Å². The zero-order valence-electron chi connectivity index (χ0n) is 16.1. The summed E-state index contributed by atoms with van der Waals surface area (Å²) in [6, 6.07) is 10.4. The lowest BCUT2D eigenvalue weighted by Gasteiger charge is -2.01. The number of esters is 1. The van der Waals surface area contributed by atoms with Crippen molar-refractivity contribution in [2.75, 3.05) is 20.3 Å². The molecule has 0 aliphatic rings. The van der Waals surface area contributed by atoms with Crippen molar-refractivity contribution in [2.24, 2.45) is 0 Å². The van der Waals surface area contributed by atoms with Crippen LogP contribution in [0.2, 0.25) is 0 Å². The predicted octanol–water partition coefficient (Wildman–Crippen LogP) is 5.49. The van der Waals surface area contributed by atoms with Crippen molar-refractivity contribution in [2.45, 2.75) is 39.5 Å². The molecular formula is C22H30O4. The van der Waals surface area contributed by atoms with Gasteiger partial charge in [0.2, 0.25) is 0 Å². The average Bonchev–Trinajstić information content (AvgIpc) is 3.08. The van der Waals surface area contributed by atoms with Crippen molar-refractivity contribution < 1.29 is 18.7 Å². The van der Waals surface area contributed by atoms with Gasteiger partial charge in [-0.15, -0.1) is 0 Å². The van der Waals surface area contributed by atoms with Crippen LogP contribution in [0.3, 0.4) is 0 Å². The zero-order valence-corrected chi connectivity index (χ0v) is 16.1. The molecule has 4 heteroatoms. The summed E-state index contributed by atoms with van der Waals surface area (Å²) in [5, 5.41) is 0. The summed E-state index contributed by atoms with van der Waals surface area (Å²) in [5.74, 6) is 0.606. The van der Waals surface area contributed by atoms with E-state index in [4.69, 9.17) is 13.9 Å². The maximum atomic E-state index is 10.6. The largest absolute Gasteiger partial charge is 0.464 e. The van der Waals surface area contributed by atoms with E-state index in [2.05, 4.69) is 37.8 Å². The number of benzene rings is 1. The molecule has 0 N–H and O–H groups in total. The molecule has 0 aliphatic carbocycles. The monoisotopic (exact) mass is 358 g/mol. The molecule has 0 spiro atoms. The van der Waals surface area contributed by atoms with Gasteiger partial charge in [0.05, 0.1) is 12.9 Å². The number of hydrogen-bond acceptors (Lipinski definition) is 4. The van der Waals surface area contributed by atoms with Crippen molar-refractivity contribution in [3.8, 4) is 11.3 Å². The molecule has 1 heterocycles. The van der Waals surface area contributed by atoms with Crippen molar-refractivity contribution in [3.05, 3.63) is 60.4 Å². The van der Waals surface area contributed by atoms with Gasteiger partial charge < -0.3 is 13.9 Å². The lowest BCUT2D eigenvalue weighted by atomic mass is 10.1. The second-order valence-electron chi connectivity index (χ2n) is 6.13. The Morgan fingerprint density at radius 3 is 2.23 bits per heavy atom. The number of aryl methyl sites for hydroxylation is 2. The normalized spacial score (nSPS) is 9.96. The standard InChI is InChI=1S/C12H12O.C10H18O3/c1-9-3-5-11(6-4-9)12-7-10(2)8-13-12;1-3-10(11)13-9-7-5-4-6-8-12-2/h3-8H,1-2H3;3H,1,4-9H2,2H3. The van der Waals surface area contributed by atoms with E-state index >= 15 is 0 Å². The highest BCUT2D eigenvalue weighted by Crippen LogP contribution is 2.21. The smallest absolute Gasteiger partial charge is 0.330 e. The van der Waals surface area contributed by atoms with Crippen LogP contribution in [-0.2, 0) is 14.3 Å². The summed E-state index contributed by atoms with van der Waals surface area (Å²) in [4.78, 5) is 10.6. The number of furan rings is 1. The van der Waals surface area contributed by atoms with Crippen LogP contribution >= 0.6 is 0 Å². The van der Waals surface area contributed by atoms with E-state index in [1.807, 2.05) is 13.0 Å². The van der Waals surface area contributed by atoms with Crippen molar-refractivity contribution in [1.82, 2.24) is 0 Å². The molecule has 0 radical (unpaired) electrons. The summed E-state index contributed by atoms with van der Waals surface area (Å²) < 4.78 is 15.1. The van der Waals surface area contributed by atoms with Gasteiger partial charge in [-0.2, -0.15) is 0 Å². The molecule has 0 fully saturated rings. The molecule has 0 atom stereocenters. The van der Waals surface area contributed by atoms with Gasteiger partial charge in [0.15, 0.2) is 0 Å². The molecule has 0 unspecified atom stereocenters. The Morgan fingerprint density at radius 2 is 1.69 bits per heavy atom. The number of ether oxygens (including phenoxy) is 2. The molecule has 0 aliphatic heterocycles. The van der Waals surface area contributed by atoms with Gasteiger partial charge in [-0.05, 0) is 44.7 Å². The third-order valence-electron chi connectivity index (χ3n) is 3.72. The SMILES string of the molecule is C=CC(=O)OCCCCCCOC.Cc1ccc(-c2cc(C)co2)cc1. The first-order valence-electron chi connectivity index (χ1n) is 8.97. The molecule has 4 nitrogen and oxygen atoms in total. The molecule has 1 aromatic heterocycles. The Kier molecular flexibility index (Phi) is 10.8. The number of methoxy groups -OCH3 is 1. The molecule has 0 bridgehead atoms. The molecule has 142 valence electrons. The minimum absolute atomic E-state index is 0.336. The zero-order chi connectivity index (χ0) is 19.2. The van der Waals surface area contributed by atoms with E-state index in [9.17, 15) is 4.79 Å². The van der Waals surface area contributed by atoms with Gasteiger partial charge in [0.1, 0.15) is 5.76 Å². The van der Waals surface area contributed by atoms with E-state index in [1.54, 1.807) is 13.4 Å². The maximum Gasteiger partial charge on any atom is 0.330 e. The molecule has 2 aromatic rings. The minimum Gasteiger partial charge on any atom is -0.464 e. The highest BCUT2D eigenvalue weighted by Gasteiger charge is 2.00. The first kappa shape index (κ1) is 21.7. The topological polar surface area (TPSA) is 48.7 Å². The Balaban J connectivity index is 0.000000260. The van der Waals surface area contributed by atoms with Gasteiger partial charge >= 0.3 is 5.97 Å². The van der Waals surface area contributed by atoms with Crippen LogP contribution in [0.15, 0.2) is 53.7 Å². The Bertz CT molecular complexity index is 640. The Labute approximate surface area is 156 Å². The van der Waals surface area contributed by atoms with E-state index in [1.165, 1.54) is 11.6 Å². The van der Waals surface area contributed by atoms with Gasteiger partial charge in [0.25, 0.3) is 0 Å². The minimum atomic E-state index is -0.336. The van der Waals surface area contributed by atoms with Gasteiger partial charge in [-0.1, -0.05) is 42.8 Å². The van der Waals surface area contributed by atoms with E-state index in [-0.39, 0.29) is 5.97 Å². The van der Waals surface area contributed by atoms with Crippen molar-refractivity contribution in [1.29, 1.82) is 0 Å². The number of unbranched alkanes of at least 4 members (excludes halogenated alkanes) is 3. The third-order valence-corrected chi connectivity index (χ3v) is 3.72. The van der Waals surface area contributed by atoms with E-state index < -0.39 is 0 Å². The highest BCUT2D eigenvalue weighted by molar-refractivity contribution is 5.81. The summed E-state index contributed by atoms with van der Waals surface area (Å²) in [5.41, 5.74) is 3.57. The number of carbonyl (C=O) groups is 1. The number of carbonyl (C=O) groups excluding carboxylic acids is 1. The quantitative estimate of drug-likeness (QED) is 0.338. The Hall–Kier alpha value is -2.33. The molecular weight excluding hydrogens is 328 g/mol. The fraction of sp³-hybridized carbons (Fsp3) is 0.409. The van der Waals surface area contributed by atoms with E-state index in [0.29, 0.717) is 6.61 Å². The van der Waals surface area contributed by atoms with Crippen LogP contribution in [0.25, 0.3) is 11.3 Å². The van der Waals surface area contributed by atoms with Crippen LogP contribution in [0.1, 0.15) is 36.8 Å². The first-order chi connectivity index (χ1) is 12.6. The average molecular weight is 358 g/mol. The lowest BCUT2D eigenvalue weighted by molar-refractivity contribution is -0.137. The summed E-state index contributed by atoms with van der Waals surface area (Å²) in [6.07, 6.45) is 7.16. The van der Waals surface area contributed by atoms with Crippen molar-refractivity contribution >= 4 is 5.97 Å². The Morgan fingerprint density at radius 1 is 1.04 bits per heavy atom. The summed E-state index contributed by atoms with van der Waals surface area (Å²) >= 11 is 0. The van der Waals surface area contributed by atoms with Gasteiger partial charge in [-0.25, -0.2) is 4.79 Å². The van der Waals surface area contributed by atoms with Crippen LogP contribution in [0, 0.1) is 13.8 Å². The lowest BCUT2D eigenvalue weighted by Crippen LogP contribution is -2.01. The van der Waals surface area contributed by atoms with Gasteiger partial charge in [0, 0.05) is 25.4 Å². The molecule has 0 saturated carbocycles. The second-order valence-corrected chi connectivity index (χ2v) is 6.13. The number of rotatable bonds is 9. The van der Waals surface area contributed by atoms with Crippen molar-refractivity contribution in [3.63, 3.8) is 0 Å². The van der Waals surface area contributed by atoms with Crippen LogP contribution in [-0.4, -0.2) is 26.3 Å². The third kappa shape index (κ3) is 9.23. The van der Waals surface area contributed by atoms with Crippen LogP contribution in [0.5, 0.6) is 0 Å². The predicted molar refractivity (Wildman–Crippen MR) is 105 cm³/mol. The summed E-state index contributed by atoms with van der Waals surface area (Å²) in [6.45, 7) is 8.73. The molecule has 2 rings (SSSR count). The molecule has 1 aromatic carbocycles. The summed E-state index contributed by atoms with van der Waals surface area (Å²) in [7, 11) is 1.70. The fourth-order valence-electron chi connectivity index (χ4n) is 2.23. The molecule has 0 amide bonds. The molecule has 26 heavy (non-hydrogen) atoms. The molecule has 0 saturated heterocycles.